The van der Waals surface area contributed by atoms with E-state index in [4.69, 9.17) is 8.92 Å². The lowest BCUT2D eigenvalue weighted by molar-refractivity contribution is 0.123. The zero-order valence-corrected chi connectivity index (χ0v) is 16.2. The summed E-state index contributed by atoms with van der Waals surface area (Å²) >= 11 is 3.32. The fraction of sp³-hybridized carbons (Fsp3) is 0.235. The first kappa shape index (κ1) is 18.7. The van der Waals surface area contributed by atoms with Gasteiger partial charge in [0.05, 0.1) is 21.6 Å². The van der Waals surface area contributed by atoms with Gasteiger partial charge in [-0.05, 0) is 47.1 Å². The highest BCUT2D eigenvalue weighted by molar-refractivity contribution is 9.10. The predicted molar refractivity (Wildman–Crippen MR) is 98.2 cm³/mol. The number of hydrogen-bond donors (Lipinski definition) is 1. The third kappa shape index (κ3) is 3.84. The highest BCUT2D eigenvalue weighted by Crippen LogP contribution is 2.39. The van der Waals surface area contributed by atoms with Gasteiger partial charge in [-0.3, -0.25) is 9.08 Å². The summed E-state index contributed by atoms with van der Waals surface area (Å²) in [6, 6.07) is 11.3. The third-order valence-corrected chi connectivity index (χ3v) is 5.78. The molecule has 0 saturated carbocycles. The van der Waals surface area contributed by atoms with Gasteiger partial charge in [0.15, 0.2) is 5.75 Å². The lowest BCUT2D eigenvalue weighted by atomic mass is 10.2. The first-order valence-corrected chi connectivity index (χ1v) is 9.90. The van der Waals surface area contributed by atoms with Gasteiger partial charge in [0.2, 0.25) is 0 Å². The molecule has 1 amide bonds. The quantitative estimate of drug-likeness (QED) is 0.730. The average molecular weight is 442 g/mol. The van der Waals surface area contributed by atoms with Gasteiger partial charge in [-0.2, -0.15) is 8.42 Å². The Labute approximate surface area is 159 Å². The van der Waals surface area contributed by atoms with Gasteiger partial charge >= 0.3 is 6.09 Å². The number of para-hydroxylation sites is 1. The Kier molecular flexibility index (Phi) is 5.22. The molecule has 1 aliphatic rings. The van der Waals surface area contributed by atoms with E-state index in [2.05, 4.69) is 15.9 Å². The summed E-state index contributed by atoms with van der Waals surface area (Å²) in [5.41, 5.74) is 1.32. The monoisotopic (exact) mass is 441 g/mol. The molecule has 0 radical (unpaired) electrons. The maximum atomic E-state index is 12.3. The smallest absolute Gasteiger partial charge is 0.412 e. The van der Waals surface area contributed by atoms with Crippen molar-refractivity contribution >= 4 is 37.8 Å². The molecule has 26 heavy (non-hydrogen) atoms. The molecular weight excluding hydrogens is 426 g/mol. The maximum absolute atomic E-state index is 12.3. The molecule has 138 valence electrons. The molecular formula is C17H16BrNO6S. The Hall–Kier alpha value is -2.10. The van der Waals surface area contributed by atoms with Crippen molar-refractivity contribution < 1.29 is 27.2 Å². The number of carboxylic acid groups (broad SMARTS) is 1. The number of hydrogen-bond acceptors (Lipinski definition) is 5. The van der Waals surface area contributed by atoms with E-state index in [1.165, 1.54) is 12.1 Å². The van der Waals surface area contributed by atoms with Gasteiger partial charge in [-0.1, -0.05) is 23.8 Å². The van der Waals surface area contributed by atoms with Crippen molar-refractivity contribution in [1.29, 1.82) is 0 Å². The fourth-order valence-electron chi connectivity index (χ4n) is 2.54. The van der Waals surface area contributed by atoms with Gasteiger partial charge in [0.25, 0.3) is 10.1 Å². The zero-order chi connectivity index (χ0) is 18.9. The molecule has 0 aliphatic carbocycles. The molecule has 0 bridgehead atoms. The number of rotatable bonds is 4. The van der Waals surface area contributed by atoms with Crippen LogP contribution in [0.1, 0.15) is 5.56 Å². The summed E-state index contributed by atoms with van der Waals surface area (Å²) < 4.78 is 36.0. The lowest BCUT2D eigenvalue weighted by Gasteiger charge is -2.33. The Bertz CT molecular complexity index is 929. The SMILES string of the molecule is Cc1ccc(S(=O)(=O)OCC2CN(C(=O)O)c3cccc(Br)c3O2)cc1. The minimum Gasteiger partial charge on any atom is -0.483 e. The number of halogens is 1. The summed E-state index contributed by atoms with van der Waals surface area (Å²) in [6.45, 7) is 1.51. The lowest BCUT2D eigenvalue weighted by Crippen LogP contribution is -2.45. The Morgan fingerprint density at radius 3 is 2.65 bits per heavy atom. The van der Waals surface area contributed by atoms with Crippen LogP contribution in [0.25, 0.3) is 0 Å². The normalized spacial score (nSPS) is 16.7. The summed E-state index contributed by atoms with van der Waals surface area (Å²) in [4.78, 5) is 12.7. The van der Waals surface area contributed by atoms with Crippen LogP contribution in [0.3, 0.4) is 0 Å². The van der Waals surface area contributed by atoms with Crippen LogP contribution in [0.5, 0.6) is 5.75 Å². The maximum Gasteiger partial charge on any atom is 0.412 e. The highest BCUT2D eigenvalue weighted by Gasteiger charge is 2.32. The van der Waals surface area contributed by atoms with Crippen molar-refractivity contribution in [3.63, 3.8) is 0 Å². The molecule has 1 atom stereocenters. The molecule has 0 aromatic heterocycles. The Morgan fingerprint density at radius 2 is 2.00 bits per heavy atom. The molecule has 0 fully saturated rings. The van der Waals surface area contributed by atoms with Crippen molar-refractivity contribution in [1.82, 2.24) is 0 Å². The van der Waals surface area contributed by atoms with Crippen molar-refractivity contribution in [2.24, 2.45) is 0 Å². The van der Waals surface area contributed by atoms with Crippen LogP contribution in [-0.4, -0.2) is 38.9 Å². The van der Waals surface area contributed by atoms with Gasteiger partial charge in [0.1, 0.15) is 12.7 Å². The molecule has 9 heteroatoms. The topological polar surface area (TPSA) is 93.1 Å². The number of nitrogens with zero attached hydrogens (tertiary/aromatic N) is 1. The first-order chi connectivity index (χ1) is 12.3. The first-order valence-electron chi connectivity index (χ1n) is 7.69. The van der Waals surface area contributed by atoms with Crippen molar-refractivity contribution in [2.45, 2.75) is 17.9 Å². The Morgan fingerprint density at radius 1 is 1.31 bits per heavy atom. The molecule has 1 heterocycles. The van der Waals surface area contributed by atoms with Gasteiger partial charge in [-0.25, -0.2) is 4.79 Å². The second-order valence-electron chi connectivity index (χ2n) is 5.77. The van der Waals surface area contributed by atoms with Crippen LogP contribution in [-0.2, 0) is 14.3 Å². The number of benzene rings is 2. The van der Waals surface area contributed by atoms with E-state index in [0.29, 0.717) is 15.9 Å². The van der Waals surface area contributed by atoms with E-state index in [0.717, 1.165) is 10.5 Å². The molecule has 3 rings (SSSR count). The molecule has 1 unspecified atom stereocenters. The highest BCUT2D eigenvalue weighted by atomic mass is 79.9. The number of ether oxygens (including phenoxy) is 1. The van der Waals surface area contributed by atoms with E-state index in [1.54, 1.807) is 30.3 Å². The van der Waals surface area contributed by atoms with E-state index >= 15 is 0 Å². The standard InChI is InChI=1S/C17H16BrNO6S/c1-11-5-7-13(8-6-11)26(22,23)24-10-12-9-19(17(20)21)15-4-2-3-14(18)16(15)25-12/h2-8,12H,9-10H2,1H3,(H,20,21). The van der Waals surface area contributed by atoms with Crippen molar-refractivity contribution in [3.8, 4) is 5.75 Å². The molecule has 2 aromatic rings. The number of carbonyl (C=O) groups is 1. The summed E-state index contributed by atoms with van der Waals surface area (Å²) in [7, 11) is -3.96. The van der Waals surface area contributed by atoms with Crippen LogP contribution < -0.4 is 9.64 Å². The average Bonchev–Trinajstić information content (AvgIpc) is 2.60. The minimum absolute atomic E-state index is 0.0376. The van der Waals surface area contributed by atoms with E-state index in [9.17, 15) is 18.3 Å². The van der Waals surface area contributed by atoms with Gasteiger partial charge < -0.3 is 9.84 Å². The van der Waals surface area contributed by atoms with Gasteiger partial charge in [-0.15, -0.1) is 0 Å². The number of amides is 1. The number of aryl methyl sites for hydroxylation is 1. The number of anilines is 1. The third-order valence-electron chi connectivity index (χ3n) is 3.86. The van der Waals surface area contributed by atoms with Crippen LogP contribution in [0.2, 0.25) is 0 Å². The largest absolute Gasteiger partial charge is 0.483 e. The molecule has 0 spiro atoms. The van der Waals surface area contributed by atoms with E-state index in [1.807, 2.05) is 6.92 Å². The van der Waals surface area contributed by atoms with Crippen molar-refractivity contribution in [3.05, 3.63) is 52.5 Å². The van der Waals surface area contributed by atoms with Crippen molar-refractivity contribution in [2.75, 3.05) is 18.1 Å². The molecule has 0 saturated heterocycles. The Balaban J connectivity index is 1.78. The zero-order valence-electron chi connectivity index (χ0n) is 13.8. The van der Waals surface area contributed by atoms with Crippen LogP contribution in [0.15, 0.2) is 51.8 Å². The predicted octanol–water partition coefficient (Wildman–Crippen LogP) is 3.41. The second-order valence-corrected chi connectivity index (χ2v) is 8.24. The van der Waals surface area contributed by atoms with Crippen LogP contribution in [0, 0.1) is 6.92 Å². The summed E-state index contributed by atoms with van der Waals surface area (Å²) in [5, 5.41) is 9.42. The fourth-order valence-corrected chi connectivity index (χ4v) is 3.92. The summed E-state index contributed by atoms with van der Waals surface area (Å²) in [6.07, 6.45) is -1.92. The molecule has 7 nitrogen and oxygen atoms in total. The van der Waals surface area contributed by atoms with Crippen LogP contribution in [0.4, 0.5) is 10.5 Å². The molecule has 1 N–H and O–H groups in total. The molecule has 1 aliphatic heterocycles. The van der Waals surface area contributed by atoms with E-state index in [-0.39, 0.29) is 18.0 Å². The summed E-state index contributed by atoms with van der Waals surface area (Å²) in [5.74, 6) is 0.336. The van der Waals surface area contributed by atoms with Gasteiger partial charge in [0, 0.05) is 0 Å². The second kappa shape index (κ2) is 7.26. The molecule has 2 aromatic carbocycles. The van der Waals surface area contributed by atoms with Crippen LogP contribution >= 0.6 is 15.9 Å². The van der Waals surface area contributed by atoms with E-state index < -0.39 is 22.3 Å². The minimum atomic E-state index is -3.96. The number of fused-ring (bicyclic) bond motifs is 1.